The molecule has 0 bridgehead atoms. The number of rotatable bonds is 3. The topological polar surface area (TPSA) is 99.7 Å². The SMILES string of the molecule is CCC[NH+]1CC=C2C(C#N)C(=N)C(C#N)(C#N)[C@@H](CC)[C@@H]2C1. The summed E-state index contributed by atoms with van der Waals surface area (Å²) in [7, 11) is 0. The maximum absolute atomic E-state index is 9.64. The van der Waals surface area contributed by atoms with Gasteiger partial charge in [0.05, 0.1) is 43.6 Å². The van der Waals surface area contributed by atoms with Crippen LogP contribution < -0.4 is 4.90 Å². The van der Waals surface area contributed by atoms with Gasteiger partial charge in [-0.25, -0.2) is 0 Å². The van der Waals surface area contributed by atoms with Crippen molar-refractivity contribution in [2.75, 3.05) is 19.6 Å². The minimum absolute atomic E-state index is 0.0201. The quantitative estimate of drug-likeness (QED) is 0.762. The van der Waals surface area contributed by atoms with Crippen LogP contribution in [-0.2, 0) is 0 Å². The van der Waals surface area contributed by atoms with Crippen LogP contribution in [-0.4, -0.2) is 25.3 Å². The molecule has 2 unspecified atom stereocenters. The Morgan fingerprint density at radius 3 is 2.50 bits per heavy atom. The average Bonchev–Trinajstić information content (AvgIpc) is 2.54. The highest BCUT2D eigenvalue weighted by Crippen LogP contribution is 2.48. The average molecular weight is 296 g/mol. The summed E-state index contributed by atoms with van der Waals surface area (Å²) in [5.74, 6) is -0.855. The molecule has 22 heavy (non-hydrogen) atoms. The van der Waals surface area contributed by atoms with Gasteiger partial charge in [-0.1, -0.05) is 13.8 Å². The lowest BCUT2D eigenvalue weighted by Crippen LogP contribution is -3.13. The van der Waals surface area contributed by atoms with Crippen molar-refractivity contribution in [1.29, 1.82) is 21.2 Å². The van der Waals surface area contributed by atoms with E-state index in [-0.39, 0.29) is 17.5 Å². The molecule has 1 saturated carbocycles. The molecule has 0 saturated heterocycles. The van der Waals surface area contributed by atoms with Gasteiger partial charge in [0.2, 0.25) is 0 Å². The van der Waals surface area contributed by atoms with Gasteiger partial charge in [0, 0.05) is 11.8 Å². The Labute approximate surface area is 131 Å². The molecule has 1 heterocycles. The molecule has 4 atom stereocenters. The summed E-state index contributed by atoms with van der Waals surface area (Å²) in [5, 5.41) is 37.1. The summed E-state index contributed by atoms with van der Waals surface area (Å²) >= 11 is 0. The van der Waals surface area contributed by atoms with Crippen LogP contribution in [0.15, 0.2) is 11.6 Å². The van der Waals surface area contributed by atoms with Gasteiger partial charge in [-0.2, -0.15) is 15.8 Å². The van der Waals surface area contributed by atoms with Crippen molar-refractivity contribution in [1.82, 2.24) is 0 Å². The van der Waals surface area contributed by atoms with E-state index in [1.165, 1.54) is 4.90 Å². The lowest BCUT2D eigenvalue weighted by atomic mass is 9.55. The fraction of sp³-hybridized carbons (Fsp3) is 0.647. The summed E-state index contributed by atoms with van der Waals surface area (Å²) in [6.07, 6.45) is 3.84. The molecule has 0 radical (unpaired) electrons. The van der Waals surface area contributed by atoms with E-state index in [1.54, 1.807) is 0 Å². The summed E-state index contributed by atoms with van der Waals surface area (Å²) < 4.78 is 0. The van der Waals surface area contributed by atoms with E-state index in [0.717, 1.165) is 31.6 Å². The van der Waals surface area contributed by atoms with Crippen LogP contribution in [0, 0.1) is 62.6 Å². The molecule has 2 aliphatic rings. The van der Waals surface area contributed by atoms with Gasteiger partial charge in [0.1, 0.15) is 5.92 Å². The van der Waals surface area contributed by atoms with Crippen molar-refractivity contribution in [3.63, 3.8) is 0 Å². The second-order valence-corrected chi connectivity index (χ2v) is 6.24. The normalized spacial score (nSPS) is 32.9. The highest BCUT2D eigenvalue weighted by atomic mass is 15.1. The van der Waals surface area contributed by atoms with E-state index in [9.17, 15) is 15.8 Å². The van der Waals surface area contributed by atoms with Crippen molar-refractivity contribution in [3.8, 4) is 18.2 Å². The molecule has 0 aromatic heterocycles. The Hall–Kier alpha value is -2.16. The molecule has 0 aromatic rings. The lowest BCUT2D eigenvalue weighted by molar-refractivity contribution is -0.899. The molecule has 1 aliphatic heterocycles. The summed E-state index contributed by atoms with van der Waals surface area (Å²) in [5.41, 5.74) is -0.500. The van der Waals surface area contributed by atoms with Crippen molar-refractivity contribution >= 4 is 5.71 Å². The van der Waals surface area contributed by atoms with Crippen molar-refractivity contribution in [2.45, 2.75) is 26.7 Å². The third-order valence-corrected chi connectivity index (χ3v) is 5.18. The number of quaternary nitrogens is 1. The molecular weight excluding hydrogens is 274 g/mol. The van der Waals surface area contributed by atoms with Crippen LogP contribution in [0.3, 0.4) is 0 Å². The number of nitriles is 3. The number of fused-ring (bicyclic) bond motifs is 1. The minimum atomic E-state index is -1.45. The van der Waals surface area contributed by atoms with E-state index >= 15 is 0 Å². The van der Waals surface area contributed by atoms with Gasteiger partial charge >= 0.3 is 0 Å². The van der Waals surface area contributed by atoms with Crippen molar-refractivity contribution in [2.24, 2.45) is 23.2 Å². The zero-order chi connectivity index (χ0) is 16.3. The van der Waals surface area contributed by atoms with Gasteiger partial charge in [-0.15, -0.1) is 0 Å². The second-order valence-electron chi connectivity index (χ2n) is 6.24. The van der Waals surface area contributed by atoms with Crippen LogP contribution in [0.2, 0.25) is 0 Å². The van der Waals surface area contributed by atoms with Gasteiger partial charge in [0.15, 0.2) is 5.41 Å². The highest BCUT2D eigenvalue weighted by molar-refractivity contribution is 5.99. The fourth-order valence-electron chi connectivity index (χ4n) is 4.13. The molecule has 2 N–H and O–H groups in total. The van der Waals surface area contributed by atoms with Crippen LogP contribution in [0.4, 0.5) is 0 Å². The van der Waals surface area contributed by atoms with E-state index < -0.39 is 11.3 Å². The molecular formula is C17H22N5+. The third-order valence-electron chi connectivity index (χ3n) is 5.18. The van der Waals surface area contributed by atoms with Gasteiger partial charge < -0.3 is 10.3 Å². The zero-order valence-corrected chi connectivity index (χ0v) is 13.2. The second kappa shape index (κ2) is 6.30. The van der Waals surface area contributed by atoms with Gasteiger partial charge in [-0.3, -0.25) is 0 Å². The molecule has 5 nitrogen and oxygen atoms in total. The Morgan fingerprint density at radius 1 is 1.32 bits per heavy atom. The summed E-state index contributed by atoms with van der Waals surface area (Å²) in [6, 6.07) is 6.34. The predicted octanol–water partition coefficient (Wildman–Crippen LogP) is 1.07. The molecule has 1 aliphatic carbocycles. The van der Waals surface area contributed by atoms with E-state index in [4.69, 9.17) is 5.41 Å². The van der Waals surface area contributed by atoms with E-state index in [2.05, 4.69) is 31.2 Å². The third kappa shape index (κ3) is 2.21. The van der Waals surface area contributed by atoms with Gasteiger partial charge in [-0.05, 0) is 24.5 Å². The first-order valence-electron chi connectivity index (χ1n) is 7.94. The lowest BCUT2D eigenvalue weighted by Gasteiger charge is -2.46. The Kier molecular flexibility index (Phi) is 4.65. The molecule has 2 rings (SSSR count). The molecule has 1 fully saturated rings. The van der Waals surface area contributed by atoms with Crippen LogP contribution in [0.25, 0.3) is 0 Å². The maximum atomic E-state index is 9.64. The summed E-state index contributed by atoms with van der Waals surface area (Å²) in [6.45, 7) is 6.90. The molecule has 114 valence electrons. The molecule has 0 amide bonds. The number of nitrogens with zero attached hydrogens (tertiary/aromatic N) is 3. The van der Waals surface area contributed by atoms with Crippen LogP contribution in [0.1, 0.15) is 26.7 Å². The smallest absolute Gasteiger partial charge is 0.185 e. The highest BCUT2D eigenvalue weighted by Gasteiger charge is 2.57. The van der Waals surface area contributed by atoms with Crippen molar-refractivity contribution < 1.29 is 4.90 Å². The Morgan fingerprint density at radius 2 is 2.00 bits per heavy atom. The number of hydrogen-bond acceptors (Lipinski definition) is 4. The van der Waals surface area contributed by atoms with Crippen LogP contribution >= 0.6 is 0 Å². The number of nitrogens with one attached hydrogen (secondary N) is 2. The van der Waals surface area contributed by atoms with Gasteiger partial charge in [0.25, 0.3) is 0 Å². The Bertz CT molecular complexity index is 598. The summed E-state index contributed by atoms with van der Waals surface area (Å²) in [4.78, 5) is 1.43. The van der Waals surface area contributed by atoms with Crippen LogP contribution in [0.5, 0.6) is 0 Å². The maximum Gasteiger partial charge on any atom is 0.185 e. The predicted molar refractivity (Wildman–Crippen MR) is 81.7 cm³/mol. The zero-order valence-electron chi connectivity index (χ0n) is 13.2. The standard InChI is InChI=1S/C17H21N5/c1-3-6-22-7-5-12-13(8-18)16(21)17(10-19,11-20)15(4-2)14(12)9-22/h5,13-15,21H,3-4,6-7,9H2,1-2H3/p+1/t13?,14-,15+/m1/s1. The molecule has 5 heteroatoms. The Balaban J connectivity index is 2.52. The van der Waals surface area contributed by atoms with Crippen molar-refractivity contribution in [3.05, 3.63) is 11.6 Å². The minimum Gasteiger partial charge on any atom is -0.331 e. The van der Waals surface area contributed by atoms with E-state index in [0.29, 0.717) is 6.42 Å². The molecule has 0 aromatic carbocycles. The number of hydrogen-bond donors (Lipinski definition) is 2. The first-order valence-corrected chi connectivity index (χ1v) is 7.94. The monoisotopic (exact) mass is 296 g/mol. The molecule has 0 spiro atoms. The van der Waals surface area contributed by atoms with E-state index in [1.807, 2.05) is 6.92 Å². The fourth-order valence-corrected chi connectivity index (χ4v) is 4.13. The first-order chi connectivity index (χ1) is 10.6. The first kappa shape index (κ1) is 16.2. The largest absolute Gasteiger partial charge is 0.331 e.